The molecule has 6 heteroatoms. The standard InChI is InChI=1S/C46H35N4O.Pt/c1-46(2,3)33-25-26-38(32-14-5-4-6-15-32)44(28-33)49-31-48(42-23-9-10-24-43(42)49)34-16-11-18-36(29-34)51-37-19-12-17-35(30-37)50-41-22-8-7-20-39(41)40-21-13-27-47-45(40)50;/h4-28,31H,1-3H3;/q-3;. The summed E-state index contributed by atoms with van der Waals surface area (Å²) < 4.78 is 8.61. The molecule has 0 saturated carbocycles. The van der Waals surface area contributed by atoms with E-state index < -0.39 is 0 Å². The predicted octanol–water partition coefficient (Wildman–Crippen LogP) is 11.9. The third-order valence-corrected chi connectivity index (χ3v) is 9.50. The van der Waals surface area contributed by atoms with Gasteiger partial charge in [-0.25, -0.2) is 4.98 Å². The van der Waals surface area contributed by atoms with Crippen LogP contribution in [0.1, 0.15) is 26.3 Å². The van der Waals surface area contributed by atoms with Gasteiger partial charge in [-0.15, -0.1) is 48.8 Å². The van der Waals surface area contributed by atoms with Crippen molar-refractivity contribution in [1.82, 2.24) is 9.55 Å². The number of benzene rings is 6. The van der Waals surface area contributed by atoms with Crippen molar-refractivity contribution in [1.29, 1.82) is 0 Å². The van der Waals surface area contributed by atoms with Crippen molar-refractivity contribution in [2.75, 3.05) is 9.80 Å². The van der Waals surface area contributed by atoms with Gasteiger partial charge in [0.2, 0.25) is 0 Å². The largest absolute Gasteiger partial charge is 0.509 e. The smallest absolute Gasteiger partial charge is 0.143 e. The Hall–Kier alpha value is -5.64. The number of nitrogens with zero attached hydrogens (tertiary/aromatic N) is 4. The van der Waals surface area contributed by atoms with E-state index in [1.54, 1.807) is 0 Å². The van der Waals surface area contributed by atoms with Gasteiger partial charge in [0, 0.05) is 72.2 Å². The Morgan fingerprint density at radius 2 is 1.25 bits per heavy atom. The molecule has 0 aliphatic carbocycles. The fourth-order valence-electron chi connectivity index (χ4n) is 6.98. The molecule has 258 valence electrons. The number of rotatable bonds is 6. The van der Waals surface area contributed by atoms with E-state index in [0.29, 0.717) is 11.5 Å². The van der Waals surface area contributed by atoms with Crippen LogP contribution in [-0.2, 0) is 26.5 Å². The molecule has 6 aromatic carbocycles. The van der Waals surface area contributed by atoms with E-state index in [9.17, 15) is 0 Å². The molecule has 0 spiro atoms. The summed E-state index contributed by atoms with van der Waals surface area (Å²) in [5.74, 6) is 1.20. The van der Waals surface area contributed by atoms with Gasteiger partial charge in [0.15, 0.2) is 0 Å². The average Bonchev–Trinajstić information content (AvgIpc) is 3.71. The first kappa shape index (κ1) is 33.5. The van der Waals surface area contributed by atoms with Gasteiger partial charge in [-0.3, -0.25) is 0 Å². The molecule has 1 aliphatic heterocycles. The average molecular weight is 855 g/mol. The van der Waals surface area contributed by atoms with E-state index >= 15 is 0 Å². The molecule has 0 fully saturated rings. The fourth-order valence-corrected chi connectivity index (χ4v) is 6.98. The number of hydrogen-bond donors (Lipinski definition) is 0. The van der Waals surface area contributed by atoms with Gasteiger partial charge in [0.1, 0.15) is 5.65 Å². The first-order valence-corrected chi connectivity index (χ1v) is 17.2. The minimum Gasteiger partial charge on any atom is -0.509 e. The Kier molecular flexibility index (Phi) is 8.69. The summed E-state index contributed by atoms with van der Waals surface area (Å²) in [4.78, 5) is 9.21. The third-order valence-electron chi connectivity index (χ3n) is 9.50. The summed E-state index contributed by atoms with van der Waals surface area (Å²) in [6.07, 6.45) is 1.83. The molecule has 0 bridgehead atoms. The number of ether oxygens (including phenoxy) is 1. The first-order valence-electron chi connectivity index (χ1n) is 17.2. The molecule has 9 rings (SSSR count). The molecule has 3 heterocycles. The van der Waals surface area contributed by atoms with E-state index in [-0.39, 0.29) is 26.5 Å². The quantitative estimate of drug-likeness (QED) is 0.156. The van der Waals surface area contributed by atoms with Crippen LogP contribution in [0, 0.1) is 18.8 Å². The molecule has 0 saturated heterocycles. The summed E-state index contributed by atoms with van der Waals surface area (Å²) >= 11 is 0. The second kappa shape index (κ2) is 13.5. The van der Waals surface area contributed by atoms with E-state index in [0.717, 1.165) is 50.4 Å². The van der Waals surface area contributed by atoms with Crippen LogP contribution in [0.2, 0.25) is 0 Å². The minimum atomic E-state index is -0.00523. The van der Waals surface area contributed by atoms with Crippen LogP contribution in [0.25, 0.3) is 38.8 Å². The van der Waals surface area contributed by atoms with Crippen molar-refractivity contribution in [3.63, 3.8) is 0 Å². The maximum atomic E-state index is 6.47. The van der Waals surface area contributed by atoms with Crippen molar-refractivity contribution in [3.8, 4) is 28.3 Å². The molecule has 52 heavy (non-hydrogen) atoms. The van der Waals surface area contributed by atoms with Gasteiger partial charge < -0.3 is 19.1 Å². The van der Waals surface area contributed by atoms with Crippen molar-refractivity contribution < 1.29 is 25.8 Å². The minimum absolute atomic E-state index is 0. The van der Waals surface area contributed by atoms with Crippen LogP contribution in [0.4, 0.5) is 22.7 Å². The Balaban J connectivity index is 0.00000387. The van der Waals surface area contributed by atoms with Crippen LogP contribution in [0.5, 0.6) is 11.5 Å². The summed E-state index contributed by atoms with van der Waals surface area (Å²) in [5, 5.41) is 2.25. The van der Waals surface area contributed by atoms with Gasteiger partial charge in [-0.05, 0) is 52.9 Å². The molecule has 8 aromatic rings. The maximum Gasteiger partial charge on any atom is 0.143 e. The van der Waals surface area contributed by atoms with Crippen molar-refractivity contribution in [2.24, 2.45) is 0 Å². The number of fused-ring (bicyclic) bond motifs is 4. The molecule has 0 unspecified atom stereocenters. The number of para-hydroxylation sites is 3. The first-order chi connectivity index (χ1) is 24.9. The molecule has 1 aliphatic rings. The van der Waals surface area contributed by atoms with Gasteiger partial charge >= 0.3 is 0 Å². The topological polar surface area (TPSA) is 33.5 Å². The van der Waals surface area contributed by atoms with E-state index in [1.165, 1.54) is 16.7 Å². The van der Waals surface area contributed by atoms with Gasteiger partial charge in [-0.2, -0.15) is 12.1 Å². The SMILES string of the molecule is CC(C)(C)c1ccc(-c2ccccc2)c(N2[CH-]N(c3[c-]c(Oc4[c-]c(-n5c6ccccc6c6cccnc65)ccc4)ccc3)c3ccccc32)c1.[Pt]. The summed E-state index contributed by atoms with van der Waals surface area (Å²) in [5.41, 5.74) is 10.6. The summed E-state index contributed by atoms with van der Waals surface area (Å²) in [6, 6.07) is 57.4. The number of pyridine rings is 1. The molecular weight excluding hydrogens is 820 g/mol. The predicted molar refractivity (Wildman–Crippen MR) is 208 cm³/mol. The van der Waals surface area contributed by atoms with Crippen LogP contribution >= 0.6 is 0 Å². The number of anilines is 4. The Labute approximate surface area is 319 Å². The normalized spacial score (nSPS) is 12.6. The second-order valence-electron chi connectivity index (χ2n) is 13.8. The summed E-state index contributed by atoms with van der Waals surface area (Å²) in [6.45, 7) is 8.94. The van der Waals surface area contributed by atoms with Crippen molar-refractivity contribution >= 4 is 44.7 Å². The van der Waals surface area contributed by atoms with Crippen molar-refractivity contribution in [2.45, 2.75) is 26.2 Å². The maximum absolute atomic E-state index is 6.47. The zero-order valence-corrected chi connectivity index (χ0v) is 31.3. The van der Waals surface area contributed by atoms with E-state index in [1.807, 2.05) is 42.6 Å². The van der Waals surface area contributed by atoms with Gasteiger partial charge in [0.05, 0.1) is 5.52 Å². The molecule has 0 amide bonds. The zero-order chi connectivity index (χ0) is 34.5. The third kappa shape index (κ3) is 5.95. The van der Waals surface area contributed by atoms with Crippen LogP contribution in [-0.4, -0.2) is 9.55 Å². The number of hydrogen-bond acceptors (Lipinski definition) is 4. The van der Waals surface area contributed by atoms with Gasteiger partial charge in [-0.1, -0.05) is 99.3 Å². The van der Waals surface area contributed by atoms with Crippen LogP contribution < -0.4 is 14.5 Å². The second-order valence-corrected chi connectivity index (χ2v) is 13.8. The Bertz CT molecular complexity index is 2500. The molecular formula is C46H35N4OPt-3. The molecule has 5 nitrogen and oxygen atoms in total. The van der Waals surface area contributed by atoms with Crippen molar-refractivity contribution in [3.05, 3.63) is 176 Å². The number of aromatic nitrogens is 2. The van der Waals surface area contributed by atoms with Gasteiger partial charge in [0.25, 0.3) is 0 Å². The monoisotopic (exact) mass is 854 g/mol. The molecule has 0 N–H and O–H groups in total. The Morgan fingerprint density at radius 1 is 0.596 bits per heavy atom. The van der Waals surface area contributed by atoms with Crippen LogP contribution in [0.15, 0.2) is 152 Å². The Morgan fingerprint density at radius 3 is 2.02 bits per heavy atom. The van der Waals surface area contributed by atoms with E-state index in [2.05, 4.69) is 163 Å². The summed E-state index contributed by atoms with van der Waals surface area (Å²) in [7, 11) is 0. The van der Waals surface area contributed by atoms with E-state index in [4.69, 9.17) is 9.72 Å². The zero-order valence-electron chi connectivity index (χ0n) is 29.0. The fraction of sp³-hybridized carbons (Fsp3) is 0.0870. The molecule has 0 atom stereocenters. The van der Waals surface area contributed by atoms with Crippen LogP contribution in [0.3, 0.4) is 0 Å². The molecule has 2 aromatic heterocycles. The molecule has 0 radical (unpaired) electrons.